The fourth-order valence-electron chi connectivity index (χ4n) is 12.4. The molecule has 0 amide bonds. The van der Waals surface area contributed by atoms with Gasteiger partial charge in [-0.3, -0.25) is 4.90 Å². The van der Waals surface area contributed by atoms with Crippen LogP contribution in [0.5, 0.6) is 5.75 Å². The Morgan fingerprint density at radius 3 is 2.42 bits per heavy atom. The molecule has 0 saturated carbocycles. The molecule has 2 N–H and O–H groups in total. The lowest BCUT2D eigenvalue weighted by atomic mass is 9.83. The molecule has 14 rings (SSSR count). The summed E-state index contributed by atoms with van der Waals surface area (Å²) in [5.41, 5.74) is 15.1. The highest BCUT2D eigenvalue weighted by atomic mass is 16.5. The Morgan fingerprint density at radius 1 is 0.754 bits per heavy atom. The number of furan rings is 1. The number of ether oxygens (including phenoxy) is 1. The van der Waals surface area contributed by atoms with Gasteiger partial charge in [-0.2, -0.15) is 0 Å². The number of nitrogens with zero attached hydrogens (tertiary/aromatic N) is 4. The molecule has 65 heavy (non-hydrogen) atoms. The van der Waals surface area contributed by atoms with E-state index in [0.717, 1.165) is 90.8 Å². The third-order valence-electron chi connectivity index (χ3n) is 15.3. The normalized spacial score (nSPS) is 27.7. The van der Waals surface area contributed by atoms with E-state index in [1.54, 1.807) is 0 Å². The lowest BCUT2D eigenvalue weighted by Crippen LogP contribution is -2.51. The van der Waals surface area contributed by atoms with Gasteiger partial charge in [-0.15, -0.1) is 0 Å². The molecule has 320 valence electrons. The number of amidine groups is 2. The van der Waals surface area contributed by atoms with Crippen LogP contribution in [0.1, 0.15) is 83.5 Å². The first-order valence-electron chi connectivity index (χ1n) is 23.8. The highest BCUT2D eigenvalue weighted by Gasteiger charge is 2.51. The van der Waals surface area contributed by atoms with Crippen molar-refractivity contribution in [1.82, 2.24) is 20.4 Å². The molecule has 3 aromatic carbocycles. The monoisotopic (exact) mass is 850 g/mol. The molecule has 8 heteroatoms. The molecule has 6 atom stereocenters. The lowest BCUT2D eigenvalue weighted by molar-refractivity contribution is 0.186. The van der Waals surface area contributed by atoms with E-state index in [9.17, 15) is 0 Å². The van der Waals surface area contributed by atoms with Crippen molar-refractivity contribution in [2.24, 2.45) is 21.8 Å². The average Bonchev–Trinajstić information content (AvgIpc) is 4.09. The van der Waals surface area contributed by atoms with Gasteiger partial charge in [0.05, 0.1) is 17.4 Å². The number of aryl methyl sites for hydroxylation is 1. The number of nitrogens with one attached hydrogen (secondary N) is 2. The molecule has 0 bridgehead atoms. The first-order valence-corrected chi connectivity index (χ1v) is 23.8. The van der Waals surface area contributed by atoms with Gasteiger partial charge >= 0.3 is 0 Å². The summed E-state index contributed by atoms with van der Waals surface area (Å²) in [4.78, 5) is 16.1. The number of benzene rings is 3. The summed E-state index contributed by atoms with van der Waals surface area (Å²) >= 11 is 0. The van der Waals surface area contributed by atoms with E-state index in [-0.39, 0.29) is 36.1 Å². The van der Waals surface area contributed by atoms with E-state index in [2.05, 4.69) is 166 Å². The van der Waals surface area contributed by atoms with Crippen molar-refractivity contribution >= 4 is 17.4 Å². The second-order valence-corrected chi connectivity index (χ2v) is 18.9. The van der Waals surface area contributed by atoms with E-state index >= 15 is 0 Å². The number of fused-ring (bicyclic) bond motifs is 12. The molecule has 10 aliphatic rings. The summed E-state index contributed by atoms with van der Waals surface area (Å²) in [5, 5.41) is 8.14. The van der Waals surface area contributed by atoms with Crippen LogP contribution in [0.15, 0.2) is 200 Å². The lowest BCUT2D eigenvalue weighted by Gasteiger charge is -2.43. The van der Waals surface area contributed by atoms with Gasteiger partial charge in [0.15, 0.2) is 11.6 Å². The molecule has 0 fully saturated rings. The van der Waals surface area contributed by atoms with E-state index < -0.39 is 0 Å². The SMILES string of the molecule is C1=CCC2C(=C1)N(C1=C(C3=NC(c4ccccc4)=NC(c4ccccc4)N3)CC(N3C4=CC=CCC4C4=C3C3Oc5ccccc5C3C=C4)CN1)C1=C2C=CCc2c1oc1c2CCCC1. The zero-order valence-electron chi connectivity index (χ0n) is 36.3. The van der Waals surface area contributed by atoms with E-state index in [0.29, 0.717) is 0 Å². The summed E-state index contributed by atoms with van der Waals surface area (Å²) in [7, 11) is 0. The minimum absolute atomic E-state index is 0.0623. The number of allylic oxidation sites excluding steroid dienone is 11. The summed E-state index contributed by atoms with van der Waals surface area (Å²) in [6.45, 7) is 0.733. The van der Waals surface area contributed by atoms with Gasteiger partial charge in [0.2, 0.25) is 0 Å². The van der Waals surface area contributed by atoms with Crippen LogP contribution in [-0.2, 0) is 19.3 Å². The Morgan fingerprint density at radius 2 is 1.54 bits per heavy atom. The van der Waals surface area contributed by atoms with Crippen molar-refractivity contribution in [1.29, 1.82) is 0 Å². The second-order valence-electron chi connectivity index (χ2n) is 18.9. The summed E-state index contributed by atoms with van der Waals surface area (Å²) in [6, 6.07) is 29.7. The fraction of sp³-hybridized carbons (Fsp3) is 0.263. The molecule has 0 spiro atoms. The Kier molecular flexibility index (Phi) is 8.47. The van der Waals surface area contributed by atoms with Crippen LogP contribution in [0.2, 0.25) is 0 Å². The van der Waals surface area contributed by atoms with Gasteiger partial charge in [-0.05, 0) is 79.0 Å². The predicted octanol–water partition coefficient (Wildman–Crippen LogP) is 10.6. The molecule has 5 aliphatic heterocycles. The Labute approximate surface area is 379 Å². The topological polar surface area (TPSA) is 77.6 Å². The molecule has 6 heterocycles. The van der Waals surface area contributed by atoms with E-state index in [1.807, 2.05) is 0 Å². The van der Waals surface area contributed by atoms with Crippen molar-refractivity contribution in [3.8, 4) is 5.75 Å². The summed E-state index contributed by atoms with van der Waals surface area (Å²) in [5.74, 6) is 6.51. The molecule has 0 radical (unpaired) electrons. The van der Waals surface area contributed by atoms with Crippen LogP contribution in [0.3, 0.4) is 0 Å². The van der Waals surface area contributed by atoms with Crippen LogP contribution >= 0.6 is 0 Å². The number of para-hydroxylation sites is 1. The average molecular weight is 851 g/mol. The first-order chi connectivity index (χ1) is 32.2. The zero-order chi connectivity index (χ0) is 42.6. The van der Waals surface area contributed by atoms with Crippen LogP contribution < -0.4 is 15.4 Å². The third-order valence-corrected chi connectivity index (χ3v) is 15.3. The van der Waals surface area contributed by atoms with Gasteiger partial charge in [0.1, 0.15) is 35.4 Å². The van der Waals surface area contributed by atoms with Gasteiger partial charge in [0, 0.05) is 70.8 Å². The maximum atomic E-state index is 7.12. The van der Waals surface area contributed by atoms with Gasteiger partial charge in [-0.1, -0.05) is 127 Å². The van der Waals surface area contributed by atoms with E-state index in [4.69, 9.17) is 19.1 Å². The number of hydrogen-bond acceptors (Lipinski definition) is 8. The van der Waals surface area contributed by atoms with E-state index in [1.165, 1.54) is 69.2 Å². The second kappa shape index (κ2) is 14.7. The Hall–Kier alpha value is -7.06. The highest BCUT2D eigenvalue weighted by molar-refractivity contribution is 6.13. The van der Waals surface area contributed by atoms with Crippen molar-refractivity contribution in [3.05, 3.63) is 225 Å². The molecule has 6 unspecified atom stereocenters. The maximum Gasteiger partial charge on any atom is 0.159 e. The van der Waals surface area contributed by atoms with Gasteiger partial charge in [0.25, 0.3) is 0 Å². The minimum Gasteiger partial charge on any atom is -0.483 e. The van der Waals surface area contributed by atoms with Gasteiger partial charge < -0.3 is 24.7 Å². The highest BCUT2D eigenvalue weighted by Crippen LogP contribution is 2.55. The molecule has 8 nitrogen and oxygen atoms in total. The van der Waals surface area contributed by atoms with Crippen LogP contribution in [0.25, 0.3) is 5.70 Å². The predicted molar refractivity (Wildman–Crippen MR) is 255 cm³/mol. The summed E-state index contributed by atoms with van der Waals surface area (Å²) < 4.78 is 14.1. The van der Waals surface area contributed by atoms with Crippen LogP contribution in [0.4, 0.5) is 0 Å². The molecular weight excluding hydrogens is 801 g/mol. The zero-order valence-corrected chi connectivity index (χ0v) is 36.3. The van der Waals surface area contributed by atoms with Gasteiger partial charge in [-0.25, -0.2) is 9.98 Å². The van der Waals surface area contributed by atoms with Crippen molar-refractivity contribution in [3.63, 3.8) is 0 Å². The molecule has 4 aromatic rings. The van der Waals surface area contributed by atoms with Crippen molar-refractivity contribution in [2.75, 3.05) is 6.54 Å². The molecule has 0 saturated heterocycles. The summed E-state index contributed by atoms with van der Waals surface area (Å²) in [6.07, 6.45) is 31.0. The van der Waals surface area contributed by atoms with Crippen molar-refractivity contribution in [2.45, 2.75) is 75.6 Å². The number of aliphatic imine (C=N–C) groups is 2. The largest absolute Gasteiger partial charge is 0.483 e. The molecule has 5 aliphatic carbocycles. The number of hydrogen-bond donors (Lipinski definition) is 2. The molecule has 1 aromatic heterocycles. The standard InChI is InChI=1S/C57H50N6O2/c1-3-16-34(17-4-1)54-59-55(35-18-5-2-6-19-35)61-56(60-54)45-32-36(62-46-26-11-7-21-38(46)42-30-31-44-40-23-10-14-29-49(40)65-53(44)50(42)62)33-58-57(45)63-47-27-12-8-20-37(47)41-24-15-25-43-39-22-9-13-28-48(39)64-52(43)51(41)63/h1-8,10-12,14-19,23-24,26-27,29-31,36-38,44,53-54,58H,9,13,20-22,25,28,32-33H2,(H,59,60,61). The Bertz CT molecular complexity index is 3040. The fourth-order valence-corrected chi connectivity index (χ4v) is 12.4. The van der Waals surface area contributed by atoms with Crippen molar-refractivity contribution < 1.29 is 9.15 Å². The van der Waals surface area contributed by atoms with Crippen LogP contribution in [0, 0.1) is 11.8 Å². The smallest absolute Gasteiger partial charge is 0.159 e. The number of rotatable bonds is 5. The minimum atomic E-state index is -0.332. The third kappa shape index (κ3) is 5.75. The van der Waals surface area contributed by atoms with Crippen LogP contribution in [-0.4, -0.2) is 40.2 Å². The molecular formula is C57H50N6O2. The first kappa shape index (κ1) is 37.3. The quantitative estimate of drug-likeness (QED) is 0.208. The maximum absolute atomic E-state index is 7.12. The Balaban J connectivity index is 0.959.